The van der Waals surface area contributed by atoms with Crippen LogP contribution >= 0.6 is 0 Å². The minimum Gasteiger partial charge on any atom is -0.491 e. The Kier molecular flexibility index (Phi) is 6.76. The van der Waals surface area contributed by atoms with Gasteiger partial charge < -0.3 is 4.74 Å². The monoisotopic (exact) mass is 420 g/mol. The van der Waals surface area contributed by atoms with Crippen molar-refractivity contribution in [1.29, 1.82) is 0 Å². The third kappa shape index (κ3) is 5.01. The molecule has 4 unspecified atom stereocenters. The van der Waals surface area contributed by atoms with Crippen LogP contribution in [0, 0.1) is 41.2 Å². The van der Waals surface area contributed by atoms with E-state index < -0.39 is 11.6 Å². The van der Waals surface area contributed by atoms with Gasteiger partial charge in [-0.3, -0.25) is 0 Å². The Morgan fingerprint density at radius 3 is 2.19 bits per heavy atom. The van der Waals surface area contributed by atoms with E-state index in [1.54, 1.807) is 0 Å². The van der Waals surface area contributed by atoms with Gasteiger partial charge in [-0.25, -0.2) is 8.78 Å². The van der Waals surface area contributed by atoms with Crippen molar-refractivity contribution in [1.82, 2.24) is 0 Å². The van der Waals surface area contributed by atoms with Crippen molar-refractivity contribution >= 4 is 0 Å². The minimum atomic E-state index is -0.738. The summed E-state index contributed by atoms with van der Waals surface area (Å²) in [6, 6.07) is 10.8. The van der Waals surface area contributed by atoms with Crippen LogP contribution in [-0.4, -0.2) is 7.11 Å². The quantitative estimate of drug-likeness (QED) is 0.375. The van der Waals surface area contributed by atoms with Gasteiger partial charge in [0, 0.05) is 11.1 Å². The lowest BCUT2D eigenvalue weighted by Crippen LogP contribution is -2.30. The number of methoxy groups -OCH3 is 1. The summed E-state index contributed by atoms with van der Waals surface area (Å²) >= 11 is 0. The highest BCUT2D eigenvalue weighted by Crippen LogP contribution is 2.47. The Hall–Kier alpha value is -2.60. The molecule has 0 heterocycles. The van der Waals surface area contributed by atoms with Gasteiger partial charge in [0.25, 0.3) is 0 Å². The van der Waals surface area contributed by atoms with Crippen LogP contribution in [0.2, 0.25) is 0 Å². The van der Waals surface area contributed by atoms with Crippen molar-refractivity contribution in [3.8, 4) is 17.6 Å². The molecule has 0 saturated heterocycles. The van der Waals surface area contributed by atoms with Crippen molar-refractivity contribution in [3.63, 3.8) is 0 Å². The summed E-state index contributed by atoms with van der Waals surface area (Å²) in [7, 11) is 1.25. The molecule has 2 saturated carbocycles. The zero-order valence-electron chi connectivity index (χ0n) is 18.3. The van der Waals surface area contributed by atoms with Crippen molar-refractivity contribution in [2.45, 2.75) is 51.4 Å². The summed E-state index contributed by atoms with van der Waals surface area (Å²) in [6.07, 6.45) is 12.6. The molecule has 0 radical (unpaired) electrons. The molecule has 0 amide bonds. The lowest BCUT2D eigenvalue weighted by molar-refractivity contribution is 0.133. The Balaban J connectivity index is 1.40. The Labute approximate surface area is 184 Å². The molecular weight excluding hydrogens is 390 g/mol. The molecule has 2 aromatic rings. The Morgan fingerprint density at radius 1 is 0.871 bits per heavy atom. The Morgan fingerprint density at radius 2 is 1.52 bits per heavy atom. The molecule has 4 rings (SSSR count). The van der Waals surface area contributed by atoms with Gasteiger partial charge in [0.2, 0.25) is 0 Å². The smallest absolute Gasteiger partial charge is 0.190 e. The first kappa shape index (κ1) is 21.6. The molecule has 0 aromatic heterocycles. The molecule has 0 bridgehead atoms. The standard InChI is InChI=1S/C28H30F2O/c1-3-4-20-9-12-25-18-24(14-13-23(25)15-20)22-10-7-19(8-11-22)5-6-21-16-26(29)28(31-2)27(30)17-21/h3-4,7-8,10-11,16-17,20,23-25H,9,12-15,18H2,1-2H3/b4-3+. The highest BCUT2D eigenvalue weighted by molar-refractivity contribution is 5.46. The minimum absolute atomic E-state index is 0.298. The molecule has 0 aliphatic heterocycles. The normalized spacial score (nSPS) is 25.5. The number of rotatable bonds is 3. The largest absolute Gasteiger partial charge is 0.491 e. The lowest BCUT2D eigenvalue weighted by atomic mass is 9.64. The summed E-state index contributed by atoms with van der Waals surface area (Å²) in [5.74, 6) is 7.18. The van der Waals surface area contributed by atoms with E-state index in [0.29, 0.717) is 11.5 Å². The second-order valence-corrected chi connectivity index (χ2v) is 8.97. The summed E-state index contributed by atoms with van der Waals surface area (Å²) in [6.45, 7) is 2.13. The second kappa shape index (κ2) is 9.69. The molecule has 1 nitrogen and oxygen atoms in total. The number of ether oxygens (including phenoxy) is 1. The van der Waals surface area contributed by atoms with E-state index in [1.165, 1.54) is 63.3 Å². The van der Waals surface area contributed by atoms with Gasteiger partial charge in [-0.15, -0.1) is 0 Å². The molecule has 2 aliphatic rings. The van der Waals surface area contributed by atoms with E-state index in [2.05, 4.69) is 43.0 Å². The van der Waals surface area contributed by atoms with E-state index in [9.17, 15) is 8.78 Å². The van der Waals surface area contributed by atoms with Crippen molar-refractivity contribution in [2.75, 3.05) is 7.11 Å². The van der Waals surface area contributed by atoms with Gasteiger partial charge >= 0.3 is 0 Å². The zero-order valence-corrected chi connectivity index (χ0v) is 18.3. The first-order chi connectivity index (χ1) is 15.1. The molecule has 0 spiro atoms. The van der Waals surface area contributed by atoms with Crippen LogP contribution in [0.5, 0.6) is 5.75 Å². The van der Waals surface area contributed by atoms with Gasteiger partial charge in [-0.1, -0.05) is 36.1 Å². The van der Waals surface area contributed by atoms with Crippen LogP contribution in [0.4, 0.5) is 8.78 Å². The predicted octanol–water partition coefficient (Wildman–Crippen LogP) is 7.25. The average Bonchev–Trinajstić information content (AvgIpc) is 2.78. The molecular formula is C28H30F2O. The highest BCUT2D eigenvalue weighted by Gasteiger charge is 2.35. The van der Waals surface area contributed by atoms with Gasteiger partial charge in [0.05, 0.1) is 7.11 Å². The fourth-order valence-corrected chi connectivity index (χ4v) is 5.49. The van der Waals surface area contributed by atoms with E-state index in [0.717, 1.165) is 23.3 Å². The summed E-state index contributed by atoms with van der Waals surface area (Å²) < 4.78 is 32.4. The Bertz CT molecular complexity index is 973. The van der Waals surface area contributed by atoms with E-state index >= 15 is 0 Å². The predicted molar refractivity (Wildman–Crippen MR) is 121 cm³/mol. The summed E-state index contributed by atoms with van der Waals surface area (Å²) in [4.78, 5) is 0. The number of halogens is 2. The summed E-state index contributed by atoms with van der Waals surface area (Å²) in [5, 5.41) is 0. The van der Waals surface area contributed by atoms with Crippen LogP contribution in [0.3, 0.4) is 0 Å². The van der Waals surface area contributed by atoms with Crippen LogP contribution < -0.4 is 4.74 Å². The fraction of sp³-hybridized carbons (Fsp3) is 0.429. The fourth-order valence-electron chi connectivity index (χ4n) is 5.49. The van der Waals surface area contributed by atoms with Crippen molar-refractivity contribution in [3.05, 3.63) is 76.9 Å². The third-order valence-electron chi connectivity index (χ3n) is 7.05. The SMILES string of the molecule is C/C=C/C1CCC2CC(c3ccc(C#Cc4cc(F)c(OC)c(F)c4)cc3)CCC2C1. The van der Waals surface area contributed by atoms with E-state index in [1.807, 2.05) is 12.1 Å². The maximum absolute atomic E-state index is 13.8. The molecule has 2 aromatic carbocycles. The molecule has 4 atom stereocenters. The van der Waals surface area contributed by atoms with Crippen molar-refractivity contribution < 1.29 is 13.5 Å². The lowest BCUT2D eigenvalue weighted by Gasteiger charge is -2.41. The van der Waals surface area contributed by atoms with Crippen LogP contribution in [-0.2, 0) is 0 Å². The second-order valence-electron chi connectivity index (χ2n) is 8.97. The van der Waals surface area contributed by atoms with Gasteiger partial charge in [-0.05, 0) is 98.9 Å². The molecule has 162 valence electrons. The molecule has 31 heavy (non-hydrogen) atoms. The first-order valence-corrected chi connectivity index (χ1v) is 11.3. The molecule has 3 heteroatoms. The van der Waals surface area contributed by atoms with Gasteiger partial charge in [-0.2, -0.15) is 0 Å². The third-order valence-corrected chi connectivity index (χ3v) is 7.05. The zero-order chi connectivity index (χ0) is 21.8. The highest BCUT2D eigenvalue weighted by atomic mass is 19.1. The maximum atomic E-state index is 13.8. The number of allylic oxidation sites excluding steroid dienone is 2. The first-order valence-electron chi connectivity index (χ1n) is 11.3. The number of hydrogen-bond acceptors (Lipinski definition) is 1. The van der Waals surface area contributed by atoms with Crippen molar-refractivity contribution in [2.24, 2.45) is 17.8 Å². The van der Waals surface area contributed by atoms with Crippen LogP contribution in [0.15, 0.2) is 48.6 Å². The maximum Gasteiger partial charge on any atom is 0.190 e. The average molecular weight is 421 g/mol. The molecule has 2 fully saturated rings. The molecule has 0 N–H and O–H groups in total. The van der Waals surface area contributed by atoms with Gasteiger partial charge in [0.15, 0.2) is 17.4 Å². The van der Waals surface area contributed by atoms with E-state index in [-0.39, 0.29) is 5.75 Å². The topological polar surface area (TPSA) is 9.23 Å². The van der Waals surface area contributed by atoms with Crippen LogP contribution in [0.1, 0.15) is 68.1 Å². The van der Waals surface area contributed by atoms with Gasteiger partial charge in [0.1, 0.15) is 0 Å². The number of fused-ring (bicyclic) bond motifs is 1. The molecule has 2 aliphatic carbocycles. The summed E-state index contributed by atoms with van der Waals surface area (Å²) in [5.41, 5.74) is 2.54. The number of hydrogen-bond donors (Lipinski definition) is 0. The van der Waals surface area contributed by atoms with Crippen LogP contribution in [0.25, 0.3) is 0 Å². The van der Waals surface area contributed by atoms with E-state index in [4.69, 9.17) is 4.74 Å². The number of benzene rings is 2.